The Bertz CT molecular complexity index is 321. The quantitative estimate of drug-likeness (QED) is 0.615. The van der Waals surface area contributed by atoms with Crippen LogP contribution in [0.3, 0.4) is 0 Å². The molecule has 1 aliphatic rings. The molecular weight excluding hydrogens is 144 g/mol. The molecule has 1 aromatic rings. The normalized spacial score (nSPS) is 19.2. The smallest absolute Gasteiger partial charge is 0.00618 e. The molecule has 0 N–H and O–H groups in total. The zero-order chi connectivity index (χ0) is 8.39. The van der Waals surface area contributed by atoms with Crippen molar-refractivity contribution < 1.29 is 0 Å². The van der Waals surface area contributed by atoms with E-state index in [1.165, 1.54) is 11.1 Å². The largest absolute Gasteiger partial charge is 0.0836 e. The van der Waals surface area contributed by atoms with Gasteiger partial charge in [0.25, 0.3) is 0 Å². The van der Waals surface area contributed by atoms with Crippen LogP contribution >= 0.6 is 0 Å². The molecular formula is C12H11. The van der Waals surface area contributed by atoms with Crippen molar-refractivity contribution in [3.63, 3.8) is 0 Å². The molecule has 12 heavy (non-hydrogen) atoms. The van der Waals surface area contributed by atoms with Crippen LogP contribution in [0.1, 0.15) is 23.5 Å². The second kappa shape index (κ2) is 2.98. The highest BCUT2D eigenvalue weighted by molar-refractivity contribution is 5.62. The van der Waals surface area contributed by atoms with E-state index in [-0.39, 0.29) is 0 Å². The molecule has 59 valence electrons. The molecule has 0 saturated heterocycles. The Balaban J connectivity index is 2.35. The van der Waals surface area contributed by atoms with Gasteiger partial charge >= 0.3 is 0 Å². The van der Waals surface area contributed by atoms with E-state index in [9.17, 15) is 0 Å². The van der Waals surface area contributed by atoms with Crippen LogP contribution < -0.4 is 0 Å². The van der Waals surface area contributed by atoms with E-state index >= 15 is 0 Å². The van der Waals surface area contributed by atoms with Gasteiger partial charge in [-0.3, -0.25) is 0 Å². The summed E-state index contributed by atoms with van der Waals surface area (Å²) in [4.78, 5) is 0. The Kier molecular flexibility index (Phi) is 1.83. The van der Waals surface area contributed by atoms with Crippen LogP contribution in [0.4, 0.5) is 0 Å². The third kappa shape index (κ3) is 1.10. The van der Waals surface area contributed by atoms with Gasteiger partial charge in [0.15, 0.2) is 0 Å². The SMILES string of the molecule is [CH]=CCC1C=Cc2ccccc21. The van der Waals surface area contributed by atoms with Gasteiger partial charge in [-0.1, -0.05) is 49.1 Å². The van der Waals surface area contributed by atoms with Crippen molar-refractivity contribution in [1.82, 2.24) is 0 Å². The summed E-state index contributed by atoms with van der Waals surface area (Å²) in [6.07, 6.45) is 7.06. The van der Waals surface area contributed by atoms with Crippen LogP contribution in [0.15, 0.2) is 36.4 Å². The highest BCUT2D eigenvalue weighted by Gasteiger charge is 2.14. The summed E-state index contributed by atoms with van der Waals surface area (Å²) < 4.78 is 0. The predicted molar refractivity (Wildman–Crippen MR) is 51.7 cm³/mol. The molecule has 2 rings (SSSR count). The van der Waals surface area contributed by atoms with E-state index in [0.29, 0.717) is 5.92 Å². The minimum Gasteiger partial charge on any atom is -0.0836 e. The molecule has 1 atom stereocenters. The molecule has 0 aromatic heterocycles. The van der Waals surface area contributed by atoms with E-state index in [4.69, 9.17) is 6.58 Å². The second-order valence-electron chi connectivity index (χ2n) is 3.07. The van der Waals surface area contributed by atoms with Gasteiger partial charge in [0, 0.05) is 5.92 Å². The van der Waals surface area contributed by atoms with E-state index in [2.05, 4.69) is 36.4 Å². The van der Waals surface area contributed by atoms with E-state index in [1.54, 1.807) is 6.08 Å². The molecule has 0 bridgehead atoms. The van der Waals surface area contributed by atoms with Gasteiger partial charge in [-0.15, -0.1) is 0 Å². The van der Waals surface area contributed by atoms with Crippen LogP contribution in [0.25, 0.3) is 6.08 Å². The van der Waals surface area contributed by atoms with Gasteiger partial charge in [-0.05, 0) is 17.5 Å². The number of fused-ring (bicyclic) bond motifs is 1. The third-order valence-electron chi connectivity index (χ3n) is 2.29. The Labute approximate surface area is 73.2 Å². The van der Waals surface area contributed by atoms with E-state index in [1.807, 2.05) is 0 Å². The summed E-state index contributed by atoms with van der Waals surface area (Å²) in [7, 11) is 0. The lowest BCUT2D eigenvalue weighted by molar-refractivity contribution is 0.880. The molecule has 0 spiro atoms. The molecule has 0 aliphatic heterocycles. The van der Waals surface area contributed by atoms with Crippen LogP contribution in [-0.2, 0) is 0 Å². The molecule has 1 radical (unpaired) electrons. The Hall–Kier alpha value is -1.30. The number of hydrogen-bond acceptors (Lipinski definition) is 0. The summed E-state index contributed by atoms with van der Waals surface area (Å²) >= 11 is 0. The van der Waals surface area contributed by atoms with Crippen molar-refractivity contribution in [3.05, 3.63) is 54.1 Å². The maximum atomic E-state index is 5.41. The number of hydrogen-bond donors (Lipinski definition) is 0. The van der Waals surface area contributed by atoms with Gasteiger partial charge in [0.2, 0.25) is 0 Å². The average molecular weight is 155 g/mol. The Morgan fingerprint density at radius 2 is 2.17 bits per heavy atom. The maximum Gasteiger partial charge on any atom is 0.00618 e. The molecule has 1 unspecified atom stereocenters. The highest BCUT2D eigenvalue weighted by Crippen LogP contribution is 2.31. The minimum absolute atomic E-state index is 0.506. The molecule has 0 saturated carbocycles. The van der Waals surface area contributed by atoms with Gasteiger partial charge < -0.3 is 0 Å². The third-order valence-corrected chi connectivity index (χ3v) is 2.29. The number of rotatable bonds is 2. The van der Waals surface area contributed by atoms with Crippen LogP contribution in [0.5, 0.6) is 0 Å². The van der Waals surface area contributed by atoms with Gasteiger partial charge in [0.05, 0.1) is 0 Å². The van der Waals surface area contributed by atoms with Crippen molar-refractivity contribution in [2.24, 2.45) is 0 Å². The predicted octanol–water partition coefficient (Wildman–Crippen LogP) is 3.18. The Morgan fingerprint density at radius 1 is 1.33 bits per heavy atom. The standard InChI is InChI=1S/C12H11/c1-2-5-10-8-9-11-6-3-4-7-12(10)11/h1-4,6-10H,5H2. The molecule has 0 fully saturated rings. The molecule has 0 amide bonds. The first-order valence-corrected chi connectivity index (χ1v) is 4.22. The van der Waals surface area contributed by atoms with Crippen LogP contribution in [0.2, 0.25) is 0 Å². The van der Waals surface area contributed by atoms with Crippen molar-refractivity contribution in [2.75, 3.05) is 0 Å². The molecule has 0 nitrogen and oxygen atoms in total. The fourth-order valence-corrected chi connectivity index (χ4v) is 1.68. The second-order valence-corrected chi connectivity index (χ2v) is 3.07. The van der Waals surface area contributed by atoms with E-state index < -0.39 is 0 Å². The van der Waals surface area contributed by atoms with Crippen molar-refractivity contribution in [2.45, 2.75) is 12.3 Å². The average Bonchev–Trinajstić information content (AvgIpc) is 2.50. The minimum atomic E-state index is 0.506. The summed E-state index contributed by atoms with van der Waals surface area (Å²) in [6, 6.07) is 8.46. The van der Waals surface area contributed by atoms with Crippen molar-refractivity contribution >= 4 is 6.08 Å². The van der Waals surface area contributed by atoms with E-state index in [0.717, 1.165) is 6.42 Å². The van der Waals surface area contributed by atoms with Crippen molar-refractivity contribution in [3.8, 4) is 0 Å². The van der Waals surface area contributed by atoms with Gasteiger partial charge in [-0.2, -0.15) is 0 Å². The summed E-state index contributed by atoms with van der Waals surface area (Å²) in [5.41, 5.74) is 2.74. The summed E-state index contributed by atoms with van der Waals surface area (Å²) in [6.45, 7) is 5.41. The molecule has 0 heteroatoms. The maximum absolute atomic E-state index is 5.41. The first-order valence-electron chi connectivity index (χ1n) is 4.22. The summed E-state index contributed by atoms with van der Waals surface area (Å²) in [5, 5.41) is 0. The molecule has 1 aromatic carbocycles. The first-order chi connectivity index (χ1) is 5.92. The lowest BCUT2D eigenvalue weighted by Gasteiger charge is -2.06. The molecule has 1 aliphatic carbocycles. The number of allylic oxidation sites excluding steroid dienone is 2. The fourth-order valence-electron chi connectivity index (χ4n) is 1.68. The number of benzene rings is 1. The van der Waals surface area contributed by atoms with Crippen LogP contribution in [-0.4, -0.2) is 0 Å². The fraction of sp³-hybridized carbons (Fsp3) is 0.167. The Morgan fingerprint density at radius 3 is 3.00 bits per heavy atom. The zero-order valence-electron chi connectivity index (χ0n) is 6.90. The topological polar surface area (TPSA) is 0 Å². The van der Waals surface area contributed by atoms with Crippen LogP contribution in [0, 0.1) is 6.58 Å². The lowest BCUT2D eigenvalue weighted by Crippen LogP contribution is -1.90. The van der Waals surface area contributed by atoms with Gasteiger partial charge in [-0.25, -0.2) is 0 Å². The monoisotopic (exact) mass is 155 g/mol. The summed E-state index contributed by atoms with van der Waals surface area (Å²) in [5.74, 6) is 0.506. The molecule has 0 heterocycles. The van der Waals surface area contributed by atoms with Gasteiger partial charge in [0.1, 0.15) is 0 Å². The first kappa shape index (κ1) is 7.35. The lowest BCUT2D eigenvalue weighted by atomic mass is 9.98. The zero-order valence-corrected chi connectivity index (χ0v) is 6.90. The van der Waals surface area contributed by atoms with Crippen molar-refractivity contribution in [1.29, 1.82) is 0 Å². The highest BCUT2D eigenvalue weighted by atomic mass is 14.2.